The van der Waals surface area contributed by atoms with Crippen molar-refractivity contribution < 1.29 is 13.5 Å². The van der Waals surface area contributed by atoms with E-state index in [1.807, 2.05) is 27.7 Å². The molecule has 2 atom stereocenters. The van der Waals surface area contributed by atoms with Crippen LogP contribution < -0.4 is 4.72 Å². The van der Waals surface area contributed by atoms with Gasteiger partial charge in [-0.3, -0.25) is 0 Å². The van der Waals surface area contributed by atoms with Crippen LogP contribution in [0.15, 0.2) is 29.2 Å². The molecule has 0 aliphatic rings. The van der Waals surface area contributed by atoms with Crippen LogP contribution in [0.3, 0.4) is 0 Å². The van der Waals surface area contributed by atoms with Crippen molar-refractivity contribution in [3.05, 3.63) is 29.8 Å². The van der Waals surface area contributed by atoms with E-state index in [0.717, 1.165) is 0 Å². The predicted octanol–water partition coefficient (Wildman–Crippen LogP) is 2.45. The molecule has 0 saturated carbocycles. The van der Waals surface area contributed by atoms with Crippen LogP contribution in [-0.4, -0.2) is 19.6 Å². The van der Waals surface area contributed by atoms with Gasteiger partial charge in [-0.1, -0.05) is 32.9 Å². The van der Waals surface area contributed by atoms with Crippen LogP contribution in [0.2, 0.25) is 0 Å². The van der Waals surface area contributed by atoms with Gasteiger partial charge in [0.2, 0.25) is 10.0 Å². The normalized spacial score (nSPS) is 15.5. The Hall–Kier alpha value is -0.910. The van der Waals surface area contributed by atoms with Crippen LogP contribution in [0.25, 0.3) is 0 Å². The van der Waals surface area contributed by atoms with Gasteiger partial charge in [0.05, 0.1) is 11.0 Å². The molecule has 0 heterocycles. The number of benzene rings is 1. The molecular formula is C14H23NO3S. The molecule has 0 fully saturated rings. The van der Waals surface area contributed by atoms with E-state index >= 15 is 0 Å². The molecule has 0 bridgehead atoms. The minimum atomic E-state index is -3.53. The van der Waals surface area contributed by atoms with Gasteiger partial charge in [-0.15, -0.1) is 0 Å². The van der Waals surface area contributed by atoms with E-state index in [0.29, 0.717) is 12.0 Å². The third kappa shape index (κ3) is 4.30. The van der Waals surface area contributed by atoms with Crippen LogP contribution in [-0.2, 0) is 10.0 Å². The largest absolute Gasteiger partial charge is 0.388 e. The van der Waals surface area contributed by atoms with Crippen LogP contribution in [0.5, 0.6) is 0 Å². The number of aliphatic hydroxyl groups excluding tert-OH is 1. The smallest absolute Gasteiger partial charge is 0.240 e. The standard InChI is InChI=1S/C14H23NO3S/c1-5-14(16)12-7-6-8-13(9-12)19(17,18)15-11(4)10(2)3/h6-11,14-16H,5H2,1-4H3. The number of sulfonamides is 1. The zero-order valence-electron chi connectivity index (χ0n) is 11.9. The lowest BCUT2D eigenvalue weighted by molar-refractivity contribution is 0.173. The highest BCUT2D eigenvalue weighted by Crippen LogP contribution is 2.20. The van der Waals surface area contributed by atoms with E-state index in [4.69, 9.17) is 0 Å². The first-order valence-corrected chi connectivity index (χ1v) is 8.06. The Balaban J connectivity index is 3.02. The average Bonchev–Trinajstić information content (AvgIpc) is 2.37. The van der Waals surface area contributed by atoms with Gasteiger partial charge in [0.25, 0.3) is 0 Å². The maximum absolute atomic E-state index is 12.2. The Morgan fingerprint density at radius 2 is 1.89 bits per heavy atom. The molecule has 2 N–H and O–H groups in total. The van der Waals surface area contributed by atoms with Crippen molar-refractivity contribution in [1.29, 1.82) is 0 Å². The van der Waals surface area contributed by atoms with Gasteiger partial charge in [0.15, 0.2) is 0 Å². The van der Waals surface area contributed by atoms with Gasteiger partial charge in [-0.2, -0.15) is 0 Å². The lowest BCUT2D eigenvalue weighted by atomic mass is 10.1. The molecule has 2 unspecified atom stereocenters. The molecule has 0 saturated heterocycles. The molecule has 1 aromatic rings. The zero-order valence-corrected chi connectivity index (χ0v) is 12.7. The van der Waals surface area contributed by atoms with E-state index in [9.17, 15) is 13.5 Å². The first kappa shape index (κ1) is 16.1. The summed E-state index contributed by atoms with van der Waals surface area (Å²) < 4.78 is 27.1. The van der Waals surface area contributed by atoms with Crippen molar-refractivity contribution >= 4 is 10.0 Å². The number of nitrogens with one attached hydrogen (secondary N) is 1. The minimum absolute atomic E-state index is 0.134. The highest BCUT2D eigenvalue weighted by molar-refractivity contribution is 7.89. The summed E-state index contributed by atoms with van der Waals surface area (Å²) in [6.07, 6.45) is -0.0723. The third-order valence-corrected chi connectivity index (χ3v) is 4.84. The zero-order chi connectivity index (χ0) is 14.6. The fraction of sp³-hybridized carbons (Fsp3) is 0.571. The van der Waals surface area contributed by atoms with Crippen molar-refractivity contribution in [2.24, 2.45) is 5.92 Å². The van der Waals surface area contributed by atoms with Gasteiger partial charge in [-0.05, 0) is 37.0 Å². The quantitative estimate of drug-likeness (QED) is 0.843. The summed E-state index contributed by atoms with van der Waals surface area (Å²) in [5.74, 6) is 0.221. The summed E-state index contributed by atoms with van der Waals surface area (Å²) in [5.41, 5.74) is 0.627. The third-order valence-electron chi connectivity index (χ3n) is 3.28. The van der Waals surface area contributed by atoms with Crippen molar-refractivity contribution in [2.75, 3.05) is 0 Å². The van der Waals surface area contributed by atoms with Gasteiger partial charge in [-0.25, -0.2) is 13.1 Å². The summed E-state index contributed by atoms with van der Waals surface area (Å²) in [6.45, 7) is 7.62. The summed E-state index contributed by atoms with van der Waals surface area (Å²) in [7, 11) is -3.53. The van der Waals surface area contributed by atoms with Crippen molar-refractivity contribution in [1.82, 2.24) is 4.72 Å². The molecule has 1 rings (SSSR count). The number of hydrogen-bond acceptors (Lipinski definition) is 3. The molecule has 1 aromatic carbocycles. The molecule has 0 spiro atoms. The summed E-state index contributed by atoms with van der Waals surface area (Å²) in [6, 6.07) is 6.33. The fourth-order valence-corrected chi connectivity index (χ4v) is 3.02. The fourth-order valence-electron chi connectivity index (χ4n) is 1.57. The lowest BCUT2D eigenvalue weighted by Gasteiger charge is -2.18. The van der Waals surface area contributed by atoms with Crippen LogP contribution in [0.4, 0.5) is 0 Å². The number of hydrogen-bond donors (Lipinski definition) is 2. The lowest BCUT2D eigenvalue weighted by Crippen LogP contribution is -2.36. The van der Waals surface area contributed by atoms with Gasteiger partial charge in [0.1, 0.15) is 0 Å². The van der Waals surface area contributed by atoms with Gasteiger partial charge < -0.3 is 5.11 Å². The maximum atomic E-state index is 12.2. The monoisotopic (exact) mass is 285 g/mol. The van der Waals surface area contributed by atoms with E-state index in [-0.39, 0.29) is 16.9 Å². The number of aliphatic hydroxyl groups is 1. The Kier molecular flexibility index (Phi) is 5.52. The van der Waals surface area contributed by atoms with E-state index in [1.54, 1.807) is 18.2 Å². The van der Waals surface area contributed by atoms with E-state index in [2.05, 4.69) is 4.72 Å². The average molecular weight is 285 g/mol. The molecule has 108 valence electrons. The first-order valence-electron chi connectivity index (χ1n) is 6.58. The summed E-state index contributed by atoms with van der Waals surface area (Å²) in [4.78, 5) is 0.199. The maximum Gasteiger partial charge on any atom is 0.240 e. The van der Waals surface area contributed by atoms with E-state index in [1.165, 1.54) is 6.07 Å². The Morgan fingerprint density at radius 3 is 2.42 bits per heavy atom. The molecule has 0 amide bonds. The predicted molar refractivity (Wildman–Crippen MR) is 76.3 cm³/mol. The highest BCUT2D eigenvalue weighted by Gasteiger charge is 2.20. The van der Waals surface area contributed by atoms with Crippen molar-refractivity contribution in [3.8, 4) is 0 Å². The molecule has 5 heteroatoms. The SMILES string of the molecule is CCC(O)c1cccc(S(=O)(=O)NC(C)C(C)C)c1. The molecule has 0 radical (unpaired) electrons. The van der Waals surface area contributed by atoms with Gasteiger partial charge in [0, 0.05) is 6.04 Å². The summed E-state index contributed by atoms with van der Waals surface area (Å²) in [5, 5.41) is 9.77. The van der Waals surface area contributed by atoms with Crippen molar-refractivity contribution in [2.45, 2.75) is 51.2 Å². The molecular weight excluding hydrogens is 262 g/mol. The molecule has 0 aromatic heterocycles. The molecule has 19 heavy (non-hydrogen) atoms. The topological polar surface area (TPSA) is 66.4 Å². The van der Waals surface area contributed by atoms with Crippen molar-refractivity contribution in [3.63, 3.8) is 0 Å². The molecule has 0 aliphatic carbocycles. The van der Waals surface area contributed by atoms with Gasteiger partial charge >= 0.3 is 0 Å². The van der Waals surface area contributed by atoms with E-state index < -0.39 is 16.1 Å². The van der Waals surface area contributed by atoms with Crippen LogP contribution in [0.1, 0.15) is 45.8 Å². The second kappa shape index (κ2) is 6.50. The second-order valence-corrected chi connectivity index (χ2v) is 6.86. The minimum Gasteiger partial charge on any atom is -0.388 e. The Labute approximate surface area is 115 Å². The molecule has 0 aliphatic heterocycles. The number of rotatable bonds is 6. The first-order chi connectivity index (χ1) is 8.77. The molecule has 4 nitrogen and oxygen atoms in total. The second-order valence-electron chi connectivity index (χ2n) is 5.15. The Morgan fingerprint density at radius 1 is 1.26 bits per heavy atom. The summed E-state index contributed by atoms with van der Waals surface area (Å²) >= 11 is 0. The Bertz CT molecular complexity index is 511. The highest BCUT2D eigenvalue weighted by atomic mass is 32.2. The van der Waals surface area contributed by atoms with Crippen LogP contribution >= 0.6 is 0 Å². The van der Waals surface area contributed by atoms with Crippen LogP contribution in [0, 0.1) is 5.92 Å².